The largest absolute Gasteiger partial charge is 0.617 e. The molecule has 3 heterocycles. The molecular weight excluding hydrogens is 1040 g/mol. The molecule has 3 aliphatic rings. The minimum Gasteiger partial charge on any atom is -0.617 e. The molecule has 0 saturated carbocycles. The van der Waals surface area contributed by atoms with Gasteiger partial charge in [-0.1, -0.05) is 43.9 Å². The van der Waals surface area contributed by atoms with E-state index < -0.39 is 59.5 Å². The fourth-order valence-corrected chi connectivity index (χ4v) is 7.98. The maximum atomic E-state index is 13.6. The number of amides is 6. The third-order valence-corrected chi connectivity index (χ3v) is 11.8. The normalized spacial score (nSPS) is 19.2. The molecule has 0 spiro atoms. The quantitative estimate of drug-likeness (QED) is 0.0218. The zero-order chi connectivity index (χ0) is 48.3. The number of anilines is 1. The number of ketones is 1. The monoisotopic (exact) mass is 1100 g/mol. The van der Waals surface area contributed by atoms with E-state index in [0.717, 1.165) is 4.90 Å². The van der Waals surface area contributed by atoms with Crippen LogP contribution >= 0.6 is 11.8 Å². The summed E-state index contributed by atoms with van der Waals surface area (Å²) >= 11 is 1.45. The average molecular weight is 1100 g/mol. The van der Waals surface area contributed by atoms with E-state index in [1.807, 2.05) is 6.26 Å². The second kappa shape index (κ2) is 28.7. The van der Waals surface area contributed by atoms with Crippen molar-refractivity contribution in [3.8, 4) is 0 Å². The van der Waals surface area contributed by atoms with Crippen LogP contribution in [0.4, 0.5) is 10.5 Å². The van der Waals surface area contributed by atoms with Gasteiger partial charge in [-0.05, 0) is 48.2 Å². The van der Waals surface area contributed by atoms with Crippen molar-refractivity contribution in [1.29, 1.82) is 0 Å². The molecule has 4 atom stereocenters. The fourth-order valence-electron chi connectivity index (χ4n) is 7.51. The van der Waals surface area contributed by atoms with Crippen molar-refractivity contribution in [2.24, 2.45) is 17.0 Å². The number of imide groups is 1. The first-order valence-corrected chi connectivity index (χ1v) is 22.9. The Morgan fingerprint density at radius 3 is 2.15 bits per heavy atom. The summed E-state index contributed by atoms with van der Waals surface area (Å²) in [6.45, 7) is 4.10. The van der Waals surface area contributed by atoms with Gasteiger partial charge in [0.25, 0.3) is 5.97 Å². The summed E-state index contributed by atoms with van der Waals surface area (Å²) in [7, 11) is 0. The molecule has 3 fully saturated rings. The molecule has 0 radical (unpaired) electrons. The third-order valence-electron chi connectivity index (χ3n) is 11.2. The molecule has 3 aliphatic heterocycles. The second-order valence-corrected chi connectivity index (χ2v) is 17.2. The number of aliphatic carboxylic acids is 2. The Morgan fingerprint density at radius 1 is 0.940 bits per heavy atom. The third kappa shape index (κ3) is 19.2. The van der Waals surface area contributed by atoms with Crippen LogP contribution in [0.2, 0.25) is 0 Å². The van der Waals surface area contributed by atoms with Crippen LogP contribution in [0.15, 0.2) is 29.4 Å². The number of carboxylic acids is 2. The van der Waals surface area contributed by atoms with Crippen molar-refractivity contribution in [3.05, 3.63) is 46.5 Å². The molecule has 370 valence electrons. The molecule has 0 aliphatic carbocycles. The maximum Gasteiger partial charge on any atom is 0.319 e. The van der Waals surface area contributed by atoms with Crippen LogP contribution in [-0.4, -0.2) is 197 Å². The number of rotatable bonds is 22. The van der Waals surface area contributed by atoms with E-state index in [-0.39, 0.29) is 169 Å². The molecule has 4 rings (SSSR count). The Morgan fingerprint density at radius 2 is 1.57 bits per heavy atom. The smallest absolute Gasteiger partial charge is 0.319 e. The summed E-state index contributed by atoms with van der Waals surface area (Å²) < 4.78 is 5.47. The molecule has 24 nitrogen and oxygen atoms in total. The number of carbonyl (C=O) groups is 9. The Bertz CT molecular complexity index is 1980. The second-order valence-electron chi connectivity index (χ2n) is 16.2. The number of ether oxygens (including phenoxy) is 1. The standard InChI is InChI=1S/C41H59N12O12S.Gd/c1-26-18-34(56)53(40(26)63)10-9-43-39(62)30(27(2)47-48-42)19-32(54)31(8-17-66-3)46-41(64)45-29-6-4-28(5-7-29)20-44-33(55)21-51-14-13-49(23-36(57)58)11-12-50(24-37(59)60)15-16-52-25-38(61)65-35(52)22-51;/h4-7,26-27,30-31H,8-25H2,1-3H3,(H,43,62)(H,44,55)(H,57,58)(H,59,60)(H2,45,46,64);/q-1;/t26?,27-,30-,31-;/m0./s1. The Kier molecular flexibility index (Phi) is 24.3. The van der Waals surface area contributed by atoms with Gasteiger partial charge in [0.2, 0.25) is 23.6 Å². The molecule has 0 bridgehead atoms. The molecule has 1 aromatic rings. The predicted molar refractivity (Wildman–Crippen MR) is 238 cm³/mol. The Hall–Kier alpha value is -4.53. The fraction of sp³-hybridized carbons (Fsp3) is 0.610. The number of hydrogen-bond donors (Lipinski definition) is 6. The summed E-state index contributed by atoms with van der Waals surface area (Å²) in [6.07, 6.45) is 2.10. The molecular formula is C41H59GdN12O12S-. The van der Waals surface area contributed by atoms with Crippen LogP contribution < -0.4 is 21.3 Å². The number of hydrogen-bond acceptors (Lipinski definition) is 16. The van der Waals surface area contributed by atoms with Crippen molar-refractivity contribution in [3.63, 3.8) is 0 Å². The van der Waals surface area contributed by atoms with Crippen molar-refractivity contribution in [2.45, 2.75) is 51.7 Å². The van der Waals surface area contributed by atoms with Crippen LogP contribution in [-0.2, 0) is 49.6 Å². The summed E-state index contributed by atoms with van der Waals surface area (Å²) in [4.78, 5) is 124. The van der Waals surface area contributed by atoms with E-state index in [2.05, 4.69) is 31.3 Å². The predicted octanol–water partition coefficient (Wildman–Crippen LogP) is -0.232. The molecule has 6 N–H and O–H groups in total. The Labute approximate surface area is 424 Å². The summed E-state index contributed by atoms with van der Waals surface area (Å²) in [5, 5.41) is 33.4. The van der Waals surface area contributed by atoms with Gasteiger partial charge in [-0.3, -0.25) is 53.1 Å². The minimum atomic E-state index is -1.10. The molecule has 0 aromatic heterocycles. The van der Waals surface area contributed by atoms with Crippen molar-refractivity contribution >= 4 is 70.8 Å². The molecule has 26 heteroatoms. The van der Waals surface area contributed by atoms with Crippen LogP contribution in [0, 0.1) is 58.0 Å². The van der Waals surface area contributed by atoms with Gasteiger partial charge < -0.3 is 46.0 Å². The minimum absolute atomic E-state index is 0. The number of likely N-dealkylation sites (tertiary alicyclic amines) is 1. The number of carbonyl (C=O) groups excluding carboxylic acids is 7. The topological polar surface area (TPSA) is 316 Å². The maximum absolute atomic E-state index is 13.6. The van der Waals surface area contributed by atoms with E-state index in [1.165, 1.54) is 18.7 Å². The van der Waals surface area contributed by atoms with Gasteiger partial charge in [-0.25, -0.2) is 4.79 Å². The average Bonchev–Trinajstić information content (AvgIpc) is 3.73. The number of esters is 1. The number of fused-ring (bicyclic) bond motifs is 1. The van der Waals surface area contributed by atoms with E-state index in [0.29, 0.717) is 23.2 Å². The first kappa shape index (κ1) is 56.8. The first-order chi connectivity index (χ1) is 31.5. The number of thioether (sulfide) groups is 1. The van der Waals surface area contributed by atoms with Gasteiger partial charge in [0.15, 0.2) is 5.78 Å². The molecule has 6 amide bonds. The van der Waals surface area contributed by atoms with E-state index in [4.69, 9.17) is 10.3 Å². The van der Waals surface area contributed by atoms with Crippen LogP contribution in [0.3, 0.4) is 0 Å². The number of nitrogens with one attached hydrogen (secondary N) is 4. The van der Waals surface area contributed by atoms with Gasteiger partial charge >= 0.3 is 18.0 Å². The van der Waals surface area contributed by atoms with E-state index in [9.17, 15) is 53.4 Å². The summed E-state index contributed by atoms with van der Waals surface area (Å²) in [5.41, 5.74) is 10.1. The number of nitrogens with zero attached hydrogens (tertiary/aromatic N) is 8. The van der Waals surface area contributed by atoms with Crippen molar-refractivity contribution in [2.75, 3.05) is 102 Å². The van der Waals surface area contributed by atoms with Crippen LogP contribution in [0.25, 0.3) is 10.4 Å². The zero-order valence-corrected chi connectivity index (χ0v) is 40.7. The van der Waals surface area contributed by atoms with Gasteiger partial charge in [0, 0.05) is 128 Å². The van der Waals surface area contributed by atoms with Crippen molar-refractivity contribution < 1.29 is 98.0 Å². The molecule has 67 heavy (non-hydrogen) atoms. The molecule has 1 aromatic carbocycles. The van der Waals surface area contributed by atoms with Gasteiger partial charge in [-0.2, -0.15) is 11.8 Å². The zero-order valence-electron chi connectivity index (χ0n) is 37.7. The number of urea groups is 1. The summed E-state index contributed by atoms with van der Waals surface area (Å²) in [5.74, 6) is -5.74. The van der Waals surface area contributed by atoms with Crippen LogP contribution in [0.1, 0.15) is 38.7 Å². The van der Waals surface area contributed by atoms with Crippen molar-refractivity contribution in [1.82, 2.24) is 40.4 Å². The van der Waals surface area contributed by atoms with Crippen LogP contribution in [0.5, 0.6) is 0 Å². The van der Waals surface area contributed by atoms with Gasteiger partial charge in [0.1, 0.15) is 0 Å². The number of benzene rings is 1. The number of carboxylic acid groups (broad SMARTS) is 2. The van der Waals surface area contributed by atoms with Gasteiger partial charge in [-0.15, -0.1) is 0 Å². The number of azide groups is 1. The van der Waals surface area contributed by atoms with Gasteiger partial charge in [0.05, 0.1) is 38.1 Å². The van der Waals surface area contributed by atoms with E-state index in [1.54, 1.807) is 50.8 Å². The molecule has 3 saturated heterocycles. The summed E-state index contributed by atoms with van der Waals surface area (Å²) in [6, 6.07) is 3.95. The first-order valence-electron chi connectivity index (χ1n) is 21.5. The Balaban J connectivity index is 0.0000119. The molecule has 1 unspecified atom stereocenters. The SMILES string of the molecule is CSCC[C@H](NC(=O)Nc1ccc(CNC(=O)CN2CCN(CC(=O)O)CCN(CC(=O)O)CCN3CC(=O)O[C-]3C2)cc1)C(=O)C[C@H](C(=O)NCCN1C(=O)CC(C)C1=O)[C@H](C)N=[N+]=[N-].[Gd]. The number of Topliss-reactive ketones (excluding diaryl/α,β-unsaturated/α-hetero) is 1. The van der Waals surface area contributed by atoms with E-state index >= 15 is 0 Å².